The minimum atomic E-state index is -0.656. The summed E-state index contributed by atoms with van der Waals surface area (Å²) < 4.78 is 9.88. The van der Waals surface area contributed by atoms with Crippen molar-refractivity contribution < 1.29 is 23.9 Å². The summed E-state index contributed by atoms with van der Waals surface area (Å²) in [4.78, 5) is 37.3. The lowest BCUT2D eigenvalue weighted by atomic mass is 9.81. The van der Waals surface area contributed by atoms with Crippen molar-refractivity contribution in [1.82, 2.24) is 0 Å². The van der Waals surface area contributed by atoms with Crippen LogP contribution < -0.4 is 4.74 Å². The van der Waals surface area contributed by atoms with Gasteiger partial charge in [-0.3, -0.25) is 9.59 Å². The average molecular weight is 296 g/mol. The Morgan fingerprint density at radius 2 is 1.50 bits per heavy atom. The summed E-state index contributed by atoms with van der Waals surface area (Å²) in [5.41, 5.74) is 0.803. The minimum Gasteiger partial charge on any atom is -0.496 e. The summed E-state index contributed by atoms with van der Waals surface area (Å²) in [6, 6.07) is 9.39. The summed E-state index contributed by atoms with van der Waals surface area (Å²) in [6.45, 7) is 0. The predicted molar refractivity (Wildman–Crippen MR) is 77.6 cm³/mol. The zero-order valence-corrected chi connectivity index (χ0v) is 12.0. The number of benzene rings is 2. The first-order valence-corrected chi connectivity index (χ1v) is 6.58. The molecule has 0 heterocycles. The summed E-state index contributed by atoms with van der Waals surface area (Å²) in [7, 11) is 2.65. The zero-order chi connectivity index (χ0) is 15.9. The van der Waals surface area contributed by atoms with Crippen LogP contribution in [0.25, 0.3) is 0 Å². The van der Waals surface area contributed by atoms with E-state index in [0.717, 1.165) is 0 Å². The molecule has 0 saturated carbocycles. The van der Waals surface area contributed by atoms with Gasteiger partial charge in [-0.25, -0.2) is 4.79 Å². The second-order valence-corrected chi connectivity index (χ2v) is 4.76. The molecular formula is C17H12O5. The molecule has 0 aliphatic heterocycles. The Balaban J connectivity index is 2.33. The maximum absolute atomic E-state index is 12.8. The molecule has 2 aromatic rings. The van der Waals surface area contributed by atoms with E-state index in [0.29, 0.717) is 5.75 Å². The minimum absolute atomic E-state index is 0.0661. The third kappa shape index (κ3) is 1.83. The molecule has 2 aromatic carbocycles. The van der Waals surface area contributed by atoms with E-state index in [-0.39, 0.29) is 33.6 Å². The first-order chi connectivity index (χ1) is 10.6. The van der Waals surface area contributed by atoms with E-state index < -0.39 is 11.8 Å². The predicted octanol–water partition coefficient (Wildman–Crippen LogP) is 2.26. The van der Waals surface area contributed by atoms with Crippen LogP contribution in [0.3, 0.4) is 0 Å². The number of carbonyl (C=O) groups excluding carboxylic acids is 3. The number of carbonyl (C=O) groups is 3. The molecule has 0 unspecified atom stereocenters. The van der Waals surface area contributed by atoms with Gasteiger partial charge in [0.25, 0.3) is 0 Å². The second-order valence-electron chi connectivity index (χ2n) is 4.76. The number of ketones is 2. The SMILES string of the molecule is COC(=O)c1cccc2c1C(=O)c1c(OC)cccc1C2=O. The maximum Gasteiger partial charge on any atom is 0.338 e. The van der Waals surface area contributed by atoms with E-state index in [2.05, 4.69) is 0 Å². The lowest BCUT2D eigenvalue weighted by Crippen LogP contribution is -2.24. The summed E-state index contributed by atoms with van der Waals surface area (Å²) in [5, 5.41) is 0. The molecule has 0 aromatic heterocycles. The topological polar surface area (TPSA) is 69.7 Å². The van der Waals surface area contributed by atoms with Gasteiger partial charge in [0.1, 0.15) is 5.75 Å². The van der Waals surface area contributed by atoms with E-state index in [1.165, 1.54) is 26.4 Å². The molecule has 0 N–H and O–H groups in total. The molecule has 0 spiro atoms. The highest BCUT2D eigenvalue weighted by Crippen LogP contribution is 2.34. The van der Waals surface area contributed by atoms with Gasteiger partial charge in [0.05, 0.1) is 25.3 Å². The van der Waals surface area contributed by atoms with Crippen LogP contribution in [0.1, 0.15) is 42.2 Å². The lowest BCUT2D eigenvalue weighted by Gasteiger charge is -2.21. The molecule has 0 saturated heterocycles. The van der Waals surface area contributed by atoms with Gasteiger partial charge >= 0.3 is 5.97 Å². The van der Waals surface area contributed by atoms with Crippen LogP contribution in [-0.4, -0.2) is 31.8 Å². The van der Waals surface area contributed by atoms with E-state index in [1.807, 2.05) is 0 Å². The normalized spacial score (nSPS) is 12.5. The lowest BCUT2D eigenvalue weighted by molar-refractivity contribution is 0.0597. The molecule has 0 bridgehead atoms. The zero-order valence-electron chi connectivity index (χ0n) is 12.0. The molecular weight excluding hydrogens is 284 g/mol. The molecule has 0 fully saturated rings. The highest BCUT2D eigenvalue weighted by atomic mass is 16.5. The molecule has 22 heavy (non-hydrogen) atoms. The Morgan fingerprint density at radius 3 is 2.14 bits per heavy atom. The van der Waals surface area contributed by atoms with E-state index >= 15 is 0 Å². The highest BCUT2D eigenvalue weighted by Gasteiger charge is 2.35. The van der Waals surface area contributed by atoms with Crippen LogP contribution in [0.2, 0.25) is 0 Å². The standard InChI is InChI=1S/C17H12O5/c1-21-12-8-4-6-10-14(12)16(19)13-9(15(10)18)5-3-7-11(13)17(20)22-2/h3-8H,1-2H3. The van der Waals surface area contributed by atoms with Crippen molar-refractivity contribution in [3.8, 4) is 5.75 Å². The molecule has 1 aliphatic rings. The number of esters is 1. The Kier molecular flexibility index (Phi) is 3.25. The molecule has 3 rings (SSSR count). The monoisotopic (exact) mass is 296 g/mol. The summed E-state index contributed by atoms with van der Waals surface area (Å²) in [5.74, 6) is -1.07. The van der Waals surface area contributed by atoms with Gasteiger partial charge < -0.3 is 9.47 Å². The molecule has 0 radical (unpaired) electrons. The number of ether oxygens (including phenoxy) is 2. The first kappa shape index (κ1) is 14.0. The van der Waals surface area contributed by atoms with Gasteiger partial charge in [0, 0.05) is 16.7 Å². The first-order valence-electron chi connectivity index (χ1n) is 6.58. The van der Waals surface area contributed by atoms with Gasteiger partial charge in [0.15, 0.2) is 11.6 Å². The molecule has 5 heteroatoms. The Bertz CT molecular complexity index is 820. The number of fused-ring (bicyclic) bond motifs is 2. The van der Waals surface area contributed by atoms with E-state index in [1.54, 1.807) is 24.3 Å². The van der Waals surface area contributed by atoms with Crippen molar-refractivity contribution >= 4 is 17.5 Å². The van der Waals surface area contributed by atoms with Gasteiger partial charge in [-0.1, -0.05) is 24.3 Å². The molecule has 110 valence electrons. The fourth-order valence-electron chi connectivity index (χ4n) is 2.66. The van der Waals surface area contributed by atoms with Crippen molar-refractivity contribution in [2.24, 2.45) is 0 Å². The third-order valence-corrected chi connectivity index (χ3v) is 3.66. The van der Waals surface area contributed by atoms with Crippen molar-refractivity contribution in [3.05, 3.63) is 64.2 Å². The Labute approximate surface area is 126 Å². The molecule has 0 amide bonds. The van der Waals surface area contributed by atoms with Crippen LogP contribution in [0.4, 0.5) is 0 Å². The van der Waals surface area contributed by atoms with Gasteiger partial charge in [0.2, 0.25) is 0 Å². The Hall–Kier alpha value is -2.95. The maximum atomic E-state index is 12.8. The summed E-state index contributed by atoms with van der Waals surface area (Å²) >= 11 is 0. The molecule has 5 nitrogen and oxygen atoms in total. The van der Waals surface area contributed by atoms with Crippen LogP contribution in [0, 0.1) is 0 Å². The van der Waals surface area contributed by atoms with Crippen LogP contribution >= 0.6 is 0 Å². The molecule has 1 aliphatic carbocycles. The van der Waals surface area contributed by atoms with Crippen molar-refractivity contribution in [3.63, 3.8) is 0 Å². The number of rotatable bonds is 2. The largest absolute Gasteiger partial charge is 0.496 e. The fraction of sp³-hybridized carbons (Fsp3) is 0.118. The van der Waals surface area contributed by atoms with Crippen molar-refractivity contribution in [1.29, 1.82) is 0 Å². The number of methoxy groups -OCH3 is 2. The third-order valence-electron chi connectivity index (χ3n) is 3.66. The average Bonchev–Trinajstić information content (AvgIpc) is 2.57. The Morgan fingerprint density at radius 1 is 0.864 bits per heavy atom. The van der Waals surface area contributed by atoms with Crippen LogP contribution in [-0.2, 0) is 4.74 Å². The van der Waals surface area contributed by atoms with Gasteiger partial charge in [-0.15, -0.1) is 0 Å². The van der Waals surface area contributed by atoms with Gasteiger partial charge in [-0.2, -0.15) is 0 Å². The number of hydrogen-bond acceptors (Lipinski definition) is 5. The number of hydrogen-bond donors (Lipinski definition) is 0. The fourth-order valence-corrected chi connectivity index (χ4v) is 2.66. The highest BCUT2D eigenvalue weighted by molar-refractivity contribution is 6.31. The van der Waals surface area contributed by atoms with Crippen molar-refractivity contribution in [2.75, 3.05) is 14.2 Å². The van der Waals surface area contributed by atoms with Crippen molar-refractivity contribution in [2.45, 2.75) is 0 Å². The van der Waals surface area contributed by atoms with Crippen LogP contribution in [0.5, 0.6) is 5.75 Å². The van der Waals surface area contributed by atoms with Gasteiger partial charge in [-0.05, 0) is 12.1 Å². The van der Waals surface area contributed by atoms with Crippen LogP contribution in [0.15, 0.2) is 36.4 Å². The summed E-state index contributed by atoms with van der Waals surface area (Å²) in [6.07, 6.45) is 0. The second kappa shape index (κ2) is 5.11. The smallest absolute Gasteiger partial charge is 0.338 e. The van der Waals surface area contributed by atoms with E-state index in [9.17, 15) is 14.4 Å². The van der Waals surface area contributed by atoms with E-state index in [4.69, 9.17) is 9.47 Å². The molecule has 0 atom stereocenters. The quantitative estimate of drug-likeness (QED) is 0.678.